The van der Waals surface area contributed by atoms with Gasteiger partial charge in [-0.25, -0.2) is 4.79 Å². The fourth-order valence-corrected chi connectivity index (χ4v) is 2.75. The number of alkyl halides is 3. The number of hydrogen-bond donors (Lipinski definition) is 0. The second-order valence-corrected chi connectivity index (χ2v) is 5.76. The summed E-state index contributed by atoms with van der Waals surface area (Å²) in [5.74, 6) is -0.489. The normalized spacial score (nSPS) is 17.1. The van der Waals surface area contributed by atoms with Crippen LogP contribution in [0.3, 0.4) is 0 Å². The monoisotopic (exact) mass is 339 g/mol. The average molecular weight is 339 g/mol. The highest BCUT2D eigenvalue weighted by Gasteiger charge is 2.33. The number of rotatable bonds is 3. The number of hydrogen-bond acceptors (Lipinski definition) is 5. The van der Waals surface area contributed by atoms with Crippen LogP contribution in [0.5, 0.6) is 0 Å². The zero-order chi connectivity index (χ0) is 17.2. The quantitative estimate of drug-likeness (QED) is 0.805. The van der Waals surface area contributed by atoms with Gasteiger partial charge in [0.05, 0.1) is 23.1 Å². The Morgan fingerprint density at radius 3 is 2.50 bits per heavy atom. The van der Waals surface area contributed by atoms with Crippen molar-refractivity contribution in [3.8, 4) is 0 Å². The Morgan fingerprint density at radius 1 is 1.17 bits per heavy atom. The second kappa shape index (κ2) is 6.72. The molecule has 0 unspecified atom stereocenters. The van der Waals surface area contributed by atoms with E-state index in [4.69, 9.17) is 4.74 Å². The Morgan fingerprint density at radius 2 is 1.83 bits per heavy atom. The summed E-state index contributed by atoms with van der Waals surface area (Å²) in [7, 11) is 0. The van der Waals surface area contributed by atoms with Crippen molar-refractivity contribution in [2.45, 2.75) is 25.1 Å². The number of aromatic nitrogens is 2. The van der Waals surface area contributed by atoms with Gasteiger partial charge in [-0.1, -0.05) is 0 Å². The fraction of sp³-hybridized carbons (Fsp3) is 0.438. The lowest BCUT2D eigenvalue weighted by Gasteiger charge is -2.31. The standard InChI is InChI=1S/C16H16F3N3O2/c17-16(18,19)10-22-7-3-12(4-8-22)24-15(23)11-1-2-13-14(9-11)21-6-5-20-13/h1-2,5-6,9,12H,3-4,7-8,10H2. The van der Waals surface area contributed by atoms with E-state index >= 15 is 0 Å². The van der Waals surface area contributed by atoms with Crippen molar-refractivity contribution in [2.75, 3.05) is 19.6 Å². The lowest BCUT2D eigenvalue weighted by molar-refractivity contribution is -0.150. The van der Waals surface area contributed by atoms with Crippen LogP contribution < -0.4 is 0 Å². The molecule has 1 saturated heterocycles. The van der Waals surface area contributed by atoms with Crippen LogP contribution in [0.2, 0.25) is 0 Å². The van der Waals surface area contributed by atoms with Crippen molar-refractivity contribution in [3.63, 3.8) is 0 Å². The number of likely N-dealkylation sites (tertiary alicyclic amines) is 1. The first-order valence-electron chi connectivity index (χ1n) is 7.61. The van der Waals surface area contributed by atoms with Gasteiger partial charge >= 0.3 is 12.1 Å². The number of piperidine rings is 1. The first kappa shape index (κ1) is 16.6. The zero-order valence-corrected chi connectivity index (χ0v) is 12.8. The van der Waals surface area contributed by atoms with Gasteiger partial charge < -0.3 is 4.74 Å². The number of esters is 1. The molecule has 0 spiro atoms. The minimum absolute atomic E-state index is 0.265. The van der Waals surface area contributed by atoms with Gasteiger partial charge in [-0.15, -0.1) is 0 Å². The van der Waals surface area contributed by atoms with Crippen LogP contribution in [0.1, 0.15) is 23.2 Å². The Bertz CT molecular complexity index is 728. The van der Waals surface area contributed by atoms with Gasteiger partial charge in [0.25, 0.3) is 0 Å². The van der Waals surface area contributed by atoms with E-state index < -0.39 is 18.7 Å². The summed E-state index contributed by atoms with van der Waals surface area (Å²) in [5, 5.41) is 0. The Labute approximate surface area is 136 Å². The summed E-state index contributed by atoms with van der Waals surface area (Å²) in [6, 6.07) is 4.90. The molecule has 2 aromatic rings. The molecule has 1 aromatic heterocycles. The SMILES string of the molecule is O=C(OC1CCN(CC(F)(F)F)CC1)c1ccc2nccnc2c1. The minimum Gasteiger partial charge on any atom is -0.459 e. The predicted octanol–water partition coefficient (Wildman–Crippen LogP) is 2.81. The van der Waals surface area contributed by atoms with Crippen LogP contribution >= 0.6 is 0 Å². The first-order chi connectivity index (χ1) is 11.4. The fourth-order valence-electron chi connectivity index (χ4n) is 2.75. The Kier molecular flexibility index (Phi) is 4.66. The molecule has 0 aliphatic carbocycles. The van der Waals surface area contributed by atoms with Gasteiger partial charge in [-0.3, -0.25) is 14.9 Å². The molecule has 5 nitrogen and oxygen atoms in total. The molecule has 0 amide bonds. The van der Waals surface area contributed by atoms with E-state index in [0.717, 1.165) is 0 Å². The number of carbonyl (C=O) groups is 1. The minimum atomic E-state index is -4.20. The third-order valence-electron chi connectivity index (χ3n) is 3.92. The zero-order valence-electron chi connectivity index (χ0n) is 12.8. The number of benzene rings is 1. The van der Waals surface area contributed by atoms with E-state index in [1.165, 1.54) is 11.1 Å². The van der Waals surface area contributed by atoms with Gasteiger partial charge in [-0.2, -0.15) is 13.2 Å². The summed E-state index contributed by atoms with van der Waals surface area (Å²) in [6.07, 6.45) is -0.664. The molecule has 1 aliphatic rings. The van der Waals surface area contributed by atoms with E-state index in [9.17, 15) is 18.0 Å². The molecule has 1 fully saturated rings. The summed E-state index contributed by atoms with van der Waals surface area (Å²) in [5.41, 5.74) is 1.63. The molecule has 1 aliphatic heterocycles. The van der Waals surface area contributed by atoms with Crippen LogP contribution in [-0.4, -0.2) is 52.8 Å². The Hall–Kier alpha value is -2.22. The molecular weight excluding hydrogens is 323 g/mol. The molecule has 8 heteroatoms. The van der Waals surface area contributed by atoms with Gasteiger partial charge in [0, 0.05) is 25.5 Å². The van der Waals surface area contributed by atoms with Crippen LogP contribution in [0.4, 0.5) is 13.2 Å². The molecule has 0 bridgehead atoms. The van der Waals surface area contributed by atoms with Gasteiger partial charge in [-0.05, 0) is 31.0 Å². The topological polar surface area (TPSA) is 55.3 Å². The second-order valence-electron chi connectivity index (χ2n) is 5.76. The Balaban J connectivity index is 1.57. The maximum Gasteiger partial charge on any atom is 0.401 e. The van der Waals surface area contributed by atoms with Crippen molar-refractivity contribution in [3.05, 3.63) is 36.2 Å². The van der Waals surface area contributed by atoms with Crippen molar-refractivity contribution >= 4 is 17.0 Å². The number of fused-ring (bicyclic) bond motifs is 1. The average Bonchev–Trinajstić information content (AvgIpc) is 2.55. The molecule has 0 saturated carbocycles. The van der Waals surface area contributed by atoms with E-state index in [-0.39, 0.29) is 19.2 Å². The predicted molar refractivity (Wildman–Crippen MR) is 80.5 cm³/mol. The number of carbonyl (C=O) groups excluding carboxylic acids is 1. The van der Waals surface area contributed by atoms with E-state index in [2.05, 4.69) is 9.97 Å². The number of nitrogens with zero attached hydrogens (tertiary/aromatic N) is 3. The molecular formula is C16H16F3N3O2. The third-order valence-corrected chi connectivity index (χ3v) is 3.92. The molecule has 0 radical (unpaired) electrons. The highest BCUT2D eigenvalue weighted by atomic mass is 19.4. The van der Waals surface area contributed by atoms with Crippen molar-refractivity contribution in [2.24, 2.45) is 0 Å². The number of ether oxygens (including phenoxy) is 1. The van der Waals surface area contributed by atoms with Crippen molar-refractivity contribution < 1.29 is 22.7 Å². The summed E-state index contributed by atoms with van der Waals surface area (Å²) in [4.78, 5) is 21.8. The highest BCUT2D eigenvalue weighted by Crippen LogP contribution is 2.22. The smallest absolute Gasteiger partial charge is 0.401 e. The third kappa shape index (κ3) is 4.19. The largest absolute Gasteiger partial charge is 0.459 e. The molecule has 2 heterocycles. The van der Waals surface area contributed by atoms with Gasteiger partial charge in [0.15, 0.2) is 0 Å². The molecule has 0 atom stereocenters. The first-order valence-corrected chi connectivity index (χ1v) is 7.61. The lowest BCUT2D eigenvalue weighted by atomic mass is 10.1. The maximum absolute atomic E-state index is 12.4. The van der Waals surface area contributed by atoms with Gasteiger partial charge in [0.2, 0.25) is 0 Å². The van der Waals surface area contributed by atoms with Crippen molar-refractivity contribution in [1.29, 1.82) is 0 Å². The summed E-state index contributed by atoms with van der Waals surface area (Å²) < 4.78 is 42.5. The lowest BCUT2D eigenvalue weighted by Crippen LogP contribution is -2.42. The van der Waals surface area contributed by atoms with Crippen LogP contribution in [0.15, 0.2) is 30.6 Å². The van der Waals surface area contributed by atoms with Crippen LogP contribution in [-0.2, 0) is 4.74 Å². The molecule has 3 rings (SSSR count). The van der Waals surface area contributed by atoms with Crippen molar-refractivity contribution in [1.82, 2.24) is 14.9 Å². The van der Waals surface area contributed by atoms with Crippen LogP contribution in [0.25, 0.3) is 11.0 Å². The van der Waals surface area contributed by atoms with Gasteiger partial charge in [0.1, 0.15) is 6.10 Å². The summed E-state index contributed by atoms with van der Waals surface area (Å²) >= 11 is 0. The molecule has 128 valence electrons. The van der Waals surface area contributed by atoms with E-state index in [1.54, 1.807) is 24.4 Å². The van der Waals surface area contributed by atoms with E-state index in [0.29, 0.717) is 29.4 Å². The summed E-state index contributed by atoms with van der Waals surface area (Å²) in [6.45, 7) is -0.391. The highest BCUT2D eigenvalue weighted by molar-refractivity contribution is 5.93. The number of halogens is 3. The molecule has 24 heavy (non-hydrogen) atoms. The van der Waals surface area contributed by atoms with Crippen LogP contribution in [0, 0.1) is 0 Å². The maximum atomic E-state index is 12.4. The molecule has 1 aromatic carbocycles. The molecule has 0 N–H and O–H groups in total. The van der Waals surface area contributed by atoms with E-state index in [1.807, 2.05) is 0 Å².